The number of carbonyl (C=O) groups is 3. The van der Waals surface area contributed by atoms with E-state index in [2.05, 4.69) is 5.32 Å². The fourth-order valence-electron chi connectivity index (χ4n) is 2.51. The molecule has 0 aliphatic carbocycles. The molecule has 0 fully saturated rings. The molecule has 0 atom stereocenters. The van der Waals surface area contributed by atoms with Crippen LogP contribution in [0.4, 0.5) is 10.5 Å². The molecule has 0 bridgehead atoms. The zero-order valence-electron chi connectivity index (χ0n) is 17.1. The lowest BCUT2D eigenvalue weighted by molar-refractivity contribution is -0.153. The lowest BCUT2D eigenvalue weighted by atomic mass is 10.1. The van der Waals surface area contributed by atoms with E-state index in [-0.39, 0.29) is 12.1 Å². The van der Waals surface area contributed by atoms with Crippen molar-refractivity contribution >= 4 is 34.6 Å². The van der Waals surface area contributed by atoms with Crippen molar-refractivity contribution in [2.24, 2.45) is 0 Å². The second-order valence-electron chi connectivity index (χ2n) is 8.44. The first-order valence-corrected chi connectivity index (χ1v) is 8.91. The number of nitrogens with one attached hydrogen (secondary N) is 1. The SMILES string of the molecule is CC(C)(C)OC(=O)CNC(=O)c1cn(C(=O)OC(C)(C)C)c2cc(N)ccc12. The van der Waals surface area contributed by atoms with Gasteiger partial charge in [-0.2, -0.15) is 0 Å². The maximum atomic E-state index is 12.6. The Kier molecular flexibility index (Phi) is 5.72. The number of nitrogens with zero attached hydrogens (tertiary/aromatic N) is 1. The van der Waals surface area contributed by atoms with Gasteiger partial charge in [-0.3, -0.25) is 14.2 Å². The molecule has 28 heavy (non-hydrogen) atoms. The van der Waals surface area contributed by atoms with Crippen molar-refractivity contribution in [1.29, 1.82) is 0 Å². The Bertz CT molecular complexity index is 916. The van der Waals surface area contributed by atoms with Crippen LogP contribution in [0, 0.1) is 0 Å². The van der Waals surface area contributed by atoms with Crippen LogP contribution in [0.15, 0.2) is 24.4 Å². The average Bonchev–Trinajstić information content (AvgIpc) is 2.88. The van der Waals surface area contributed by atoms with Crippen LogP contribution in [0.5, 0.6) is 0 Å². The molecule has 8 nitrogen and oxygen atoms in total. The molecular formula is C20H27N3O5. The molecule has 3 N–H and O–H groups in total. The van der Waals surface area contributed by atoms with Gasteiger partial charge in [0.1, 0.15) is 17.7 Å². The number of anilines is 1. The fourth-order valence-corrected chi connectivity index (χ4v) is 2.51. The summed E-state index contributed by atoms with van der Waals surface area (Å²) in [5.74, 6) is -1.07. The number of esters is 1. The number of carbonyl (C=O) groups excluding carboxylic acids is 3. The Hall–Kier alpha value is -3.03. The van der Waals surface area contributed by atoms with Crippen molar-refractivity contribution in [3.8, 4) is 0 Å². The minimum atomic E-state index is -0.701. The van der Waals surface area contributed by atoms with E-state index in [1.807, 2.05) is 0 Å². The molecule has 2 rings (SSSR count). The minimum absolute atomic E-state index is 0.226. The van der Waals surface area contributed by atoms with E-state index in [0.717, 1.165) is 0 Å². The van der Waals surface area contributed by atoms with Gasteiger partial charge in [-0.05, 0) is 59.7 Å². The number of nitrogen functional groups attached to an aromatic ring is 1. The number of hydrogen-bond donors (Lipinski definition) is 2. The van der Waals surface area contributed by atoms with E-state index in [9.17, 15) is 14.4 Å². The van der Waals surface area contributed by atoms with Gasteiger partial charge in [-0.25, -0.2) is 4.79 Å². The molecule has 2 aromatic rings. The van der Waals surface area contributed by atoms with Gasteiger partial charge >= 0.3 is 12.1 Å². The van der Waals surface area contributed by atoms with Crippen LogP contribution in [0.1, 0.15) is 51.9 Å². The van der Waals surface area contributed by atoms with Gasteiger partial charge in [-0.15, -0.1) is 0 Å². The summed E-state index contributed by atoms with van der Waals surface area (Å²) in [5, 5.41) is 3.03. The highest BCUT2D eigenvalue weighted by Crippen LogP contribution is 2.25. The van der Waals surface area contributed by atoms with Crippen molar-refractivity contribution in [2.75, 3.05) is 12.3 Å². The highest BCUT2D eigenvalue weighted by molar-refractivity contribution is 6.10. The molecule has 0 unspecified atom stereocenters. The van der Waals surface area contributed by atoms with E-state index in [4.69, 9.17) is 15.2 Å². The van der Waals surface area contributed by atoms with E-state index in [1.54, 1.807) is 59.7 Å². The molecule has 8 heteroatoms. The molecule has 0 aliphatic rings. The monoisotopic (exact) mass is 389 g/mol. The quantitative estimate of drug-likeness (QED) is 0.616. The Balaban J connectivity index is 2.31. The zero-order chi connectivity index (χ0) is 21.3. The average molecular weight is 389 g/mol. The zero-order valence-corrected chi connectivity index (χ0v) is 17.1. The minimum Gasteiger partial charge on any atom is -0.459 e. The van der Waals surface area contributed by atoms with Gasteiger partial charge in [0.05, 0.1) is 11.1 Å². The number of ether oxygens (including phenoxy) is 2. The van der Waals surface area contributed by atoms with E-state index >= 15 is 0 Å². The predicted molar refractivity (Wildman–Crippen MR) is 106 cm³/mol. The molecule has 0 saturated heterocycles. The third-order valence-electron chi connectivity index (χ3n) is 3.48. The summed E-state index contributed by atoms with van der Waals surface area (Å²) in [7, 11) is 0. The Morgan fingerprint density at radius 1 is 1.04 bits per heavy atom. The standard InChI is InChI=1S/C20H27N3O5/c1-19(2,3)27-16(24)10-22-17(25)14-11-23(18(26)28-20(4,5)6)15-9-12(21)7-8-13(14)15/h7-9,11H,10,21H2,1-6H3,(H,22,25). The first kappa shape index (κ1) is 21.3. The molecule has 1 aromatic heterocycles. The summed E-state index contributed by atoms with van der Waals surface area (Å²) in [6, 6.07) is 4.87. The summed E-state index contributed by atoms with van der Waals surface area (Å²) in [4.78, 5) is 37.0. The third kappa shape index (κ3) is 5.48. The van der Waals surface area contributed by atoms with Gasteiger partial charge in [0.25, 0.3) is 5.91 Å². The number of benzene rings is 1. The number of hydrogen-bond acceptors (Lipinski definition) is 6. The Labute approximate surface area is 164 Å². The number of amides is 1. The van der Waals surface area contributed by atoms with Crippen molar-refractivity contribution in [2.45, 2.75) is 52.7 Å². The topological polar surface area (TPSA) is 113 Å². The summed E-state index contributed by atoms with van der Waals surface area (Å²) >= 11 is 0. The van der Waals surface area contributed by atoms with Crippen molar-refractivity contribution in [3.63, 3.8) is 0 Å². The van der Waals surface area contributed by atoms with Crippen molar-refractivity contribution in [1.82, 2.24) is 9.88 Å². The van der Waals surface area contributed by atoms with Gasteiger partial charge in [0.15, 0.2) is 0 Å². The van der Waals surface area contributed by atoms with Crippen LogP contribution >= 0.6 is 0 Å². The van der Waals surface area contributed by atoms with Gasteiger partial charge in [0, 0.05) is 17.3 Å². The van der Waals surface area contributed by atoms with E-state index in [0.29, 0.717) is 16.6 Å². The molecule has 0 spiro atoms. The summed E-state index contributed by atoms with van der Waals surface area (Å²) in [6.45, 7) is 10.2. The lowest BCUT2D eigenvalue weighted by Crippen LogP contribution is -2.34. The van der Waals surface area contributed by atoms with Crippen molar-refractivity contribution < 1.29 is 23.9 Å². The van der Waals surface area contributed by atoms with E-state index in [1.165, 1.54) is 10.8 Å². The molecule has 152 valence electrons. The maximum absolute atomic E-state index is 12.6. The fraction of sp³-hybridized carbons (Fsp3) is 0.450. The summed E-state index contributed by atoms with van der Waals surface area (Å²) in [6.07, 6.45) is 0.747. The molecule has 1 aromatic carbocycles. The normalized spacial score (nSPS) is 11.9. The largest absolute Gasteiger partial charge is 0.459 e. The van der Waals surface area contributed by atoms with Crippen LogP contribution < -0.4 is 11.1 Å². The third-order valence-corrected chi connectivity index (χ3v) is 3.48. The first-order valence-electron chi connectivity index (χ1n) is 8.91. The first-order chi connectivity index (χ1) is 12.8. The summed E-state index contributed by atoms with van der Waals surface area (Å²) in [5.41, 5.74) is 5.60. The predicted octanol–water partition coefficient (Wildman–Crippen LogP) is 3.08. The second-order valence-corrected chi connectivity index (χ2v) is 8.44. The molecule has 1 amide bonds. The van der Waals surface area contributed by atoms with Gasteiger partial charge in [0.2, 0.25) is 0 Å². The summed E-state index contributed by atoms with van der Waals surface area (Å²) < 4.78 is 11.8. The number of rotatable bonds is 3. The van der Waals surface area contributed by atoms with Gasteiger partial charge < -0.3 is 20.5 Å². The molecule has 1 heterocycles. The van der Waals surface area contributed by atoms with Crippen molar-refractivity contribution in [3.05, 3.63) is 30.0 Å². The number of nitrogens with two attached hydrogens (primary N) is 1. The van der Waals surface area contributed by atoms with Crippen LogP contribution in [0.25, 0.3) is 10.9 Å². The Morgan fingerprint density at radius 2 is 1.64 bits per heavy atom. The smallest absolute Gasteiger partial charge is 0.419 e. The molecular weight excluding hydrogens is 362 g/mol. The Morgan fingerprint density at radius 3 is 2.21 bits per heavy atom. The number of fused-ring (bicyclic) bond motifs is 1. The number of aromatic nitrogens is 1. The van der Waals surface area contributed by atoms with Crippen LogP contribution in [-0.4, -0.2) is 40.3 Å². The molecule has 0 radical (unpaired) electrons. The van der Waals surface area contributed by atoms with Crippen LogP contribution in [-0.2, 0) is 14.3 Å². The van der Waals surface area contributed by atoms with Gasteiger partial charge in [-0.1, -0.05) is 0 Å². The second kappa shape index (κ2) is 7.53. The molecule has 0 saturated carbocycles. The highest BCUT2D eigenvalue weighted by Gasteiger charge is 2.24. The lowest BCUT2D eigenvalue weighted by Gasteiger charge is -2.19. The maximum Gasteiger partial charge on any atom is 0.419 e. The molecule has 0 aliphatic heterocycles. The van der Waals surface area contributed by atoms with Crippen LogP contribution in [0.2, 0.25) is 0 Å². The van der Waals surface area contributed by atoms with E-state index < -0.39 is 29.2 Å². The van der Waals surface area contributed by atoms with Crippen LogP contribution in [0.3, 0.4) is 0 Å². The highest BCUT2D eigenvalue weighted by atomic mass is 16.6.